The van der Waals surface area contributed by atoms with Crippen LogP contribution < -0.4 is 5.56 Å². The summed E-state index contributed by atoms with van der Waals surface area (Å²) in [5.41, 5.74) is 1.04. The molecule has 3 heterocycles. The monoisotopic (exact) mass is 317 g/mol. The molecule has 0 amide bonds. The van der Waals surface area contributed by atoms with Gasteiger partial charge in [-0.15, -0.1) is 0 Å². The summed E-state index contributed by atoms with van der Waals surface area (Å²) in [4.78, 5) is 18.5. The number of aryl methyl sites for hydroxylation is 2. The molecule has 23 heavy (non-hydrogen) atoms. The molecule has 1 atom stereocenters. The van der Waals surface area contributed by atoms with Crippen molar-refractivity contribution in [1.82, 2.24) is 24.6 Å². The molecule has 1 aliphatic rings. The predicted molar refractivity (Wildman–Crippen MR) is 86.0 cm³/mol. The molecule has 0 aliphatic carbocycles. The van der Waals surface area contributed by atoms with Crippen LogP contribution >= 0.6 is 0 Å². The van der Waals surface area contributed by atoms with Crippen molar-refractivity contribution in [1.29, 1.82) is 0 Å². The Morgan fingerprint density at radius 1 is 1.48 bits per heavy atom. The van der Waals surface area contributed by atoms with Crippen molar-refractivity contribution in [2.45, 2.75) is 32.4 Å². The minimum absolute atomic E-state index is 0.0190. The third-order valence-electron chi connectivity index (χ3n) is 4.05. The van der Waals surface area contributed by atoms with Crippen molar-refractivity contribution in [3.63, 3.8) is 0 Å². The zero-order valence-corrected chi connectivity index (χ0v) is 13.7. The van der Waals surface area contributed by atoms with Crippen LogP contribution in [0.2, 0.25) is 0 Å². The summed E-state index contributed by atoms with van der Waals surface area (Å²) in [6.45, 7) is 5.08. The average Bonchev–Trinajstić information content (AvgIpc) is 3.00. The number of hydrogen-bond acceptors (Lipinski definition) is 5. The molecule has 0 saturated carbocycles. The molecule has 0 radical (unpaired) electrons. The number of nitrogens with one attached hydrogen (secondary N) is 1. The second-order valence-electron chi connectivity index (χ2n) is 5.97. The van der Waals surface area contributed by atoms with Gasteiger partial charge in [0.1, 0.15) is 11.9 Å². The van der Waals surface area contributed by atoms with E-state index in [2.05, 4.69) is 27.0 Å². The third kappa shape index (κ3) is 3.86. The van der Waals surface area contributed by atoms with Crippen LogP contribution in [-0.2, 0) is 24.8 Å². The van der Waals surface area contributed by atoms with E-state index < -0.39 is 0 Å². The van der Waals surface area contributed by atoms with Crippen molar-refractivity contribution in [3.8, 4) is 0 Å². The Morgan fingerprint density at radius 3 is 3.13 bits per heavy atom. The largest absolute Gasteiger partial charge is 0.367 e. The summed E-state index contributed by atoms with van der Waals surface area (Å²) in [7, 11) is 1.76. The maximum Gasteiger partial charge on any atom is 0.250 e. The second-order valence-corrected chi connectivity index (χ2v) is 5.97. The maximum absolute atomic E-state index is 11.7. The number of aromatic amines is 1. The molecule has 7 heteroatoms. The van der Waals surface area contributed by atoms with Crippen LogP contribution in [0.25, 0.3) is 0 Å². The fraction of sp³-hybridized carbons (Fsp3) is 0.562. The van der Waals surface area contributed by atoms with Crippen molar-refractivity contribution in [2.24, 2.45) is 7.05 Å². The quantitative estimate of drug-likeness (QED) is 0.891. The molecular formula is C16H23N5O2. The maximum atomic E-state index is 11.7. The zero-order chi connectivity index (χ0) is 16.2. The minimum Gasteiger partial charge on any atom is -0.367 e. The summed E-state index contributed by atoms with van der Waals surface area (Å²) < 4.78 is 7.39. The second kappa shape index (κ2) is 7.06. The van der Waals surface area contributed by atoms with Gasteiger partial charge < -0.3 is 9.30 Å². The normalized spacial score (nSPS) is 19.1. The van der Waals surface area contributed by atoms with Crippen molar-refractivity contribution in [2.75, 3.05) is 19.7 Å². The molecule has 3 rings (SSSR count). The summed E-state index contributed by atoms with van der Waals surface area (Å²) in [5, 5.41) is 7.26. The van der Waals surface area contributed by atoms with Gasteiger partial charge in [-0.25, -0.2) is 4.98 Å². The highest BCUT2D eigenvalue weighted by Crippen LogP contribution is 2.20. The van der Waals surface area contributed by atoms with Gasteiger partial charge in [-0.2, -0.15) is 5.10 Å². The van der Waals surface area contributed by atoms with Crippen LogP contribution in [0.15, 0.2) is 23.1 Å². The van der Waals surface area contributed by atoms with Gasteiger partial charge in [-0.3, -0.25) is 14.8 Å². The van der Waals surface area contributed by atoms with Gasteiger partial charge >= 0.3 is 0 Å². The van der Waals surface area contributed by atoms with E-state index in [-0.39, 0.29) is 11.7 Å². The molecule has 1 saturated heterocycles. The number of nitrogens with zero attached hydrogens (tertiary/aromatic N) is 4. The molecule has 7 nitrogen and oxygen atoms in total. The molecule has 0 aromatic carbocycles. The molecule has 1 fully saturated rings. The number of rotatable bonds is 5. The Hall–Kier alpha value is -1.99. The fourth-order valence-corrected chi connectivity index (χ4v) is 2.75. The zero-order valence-electron chi connectivity index (χ0n) is 13.7. The number of ether oxygens (including phenoxy) is 1. The lowest BCUT2D eigenvalue weighted by Crippen LogP contribution is -2.38. The lowest BCUT2D eigenvalue weighted by atomic mass is 10.2. The van der Waals surface area contributed by atoms with Crippen LogP contribution in [0.4, 0.5) is 0 Å². The topological polar surface area (TPSA) is 76.0 Å². The van der Waals surface area contributed by atoms with E-state index in [4.69, 9.17) is 4.74 Å². The highest BCUT2D eigenvalue weighted by Gasteiger charge is 2.25. The summed E-state index contributed by atoms with van der Waals surface area (Å²) in [6.07, 6.45) is 3.63. The molecule has 0 spiro atoms. The first kappa shape index (κ1) is 15.9. The van der Waals surface area contributed by atoms with Crippen LogP contribution in [0.1, 0.15) is 36.7 Å². The van der Waals surface area contributed by atoms with Gasteiger partial charge in [-0.05, 0) is 18.1 Å². The Labute approximate surface area is 135 Å². The van der Waals surface area contributed by atoms with Gasteiger partial charge in [0.05, 0.1) is 6.61 Å². The molecule has 124 valence electrons. The van der Waals surface area contributed by atoms with E-state index in [1.165, 1.54) is 0 Å². The molecule has 1 N–H and O–H groups in total. The standard InChI is InChI=1S/C16H23N5O2/c1-3-4-14-17-16(19-18-14)13-11-21(7-8-23-13)10-12-5-6-20(2)15(22)9-12/h5-6,9,13H,3-4,7-8,10-11H2,1-2H3,(H,17,18,19). The lowest BCUT2D eigenvalue weighted by Gasteiger charge is -2.31. The number of aromatic nitrogens is 4. The van der Waals surface area contributed by atoms with E-state index >= 15 is 0 Å². The molecule has 0 bridgehead atoms. The fourth-order valence-electron chi connectivity index (χ4n) is 2.75. The van der Waals surface area contributed by atoms with Gasteiger partial charge in [0.15, 0.2) is 5.82 Å². The first-order valence-corrected chi connectivity index (χ1v) is 8.06. The highest BCUT2D eigenvalue weighted by molar-refractivity contribution is 5.11. The predicted octanol–water partition coefficient (Wildman–Crippen LogP) is 1.03. The molecule has 2 aromatic rings. The van der Waals surface area contributed by atoms with E-state index in [9.17, 15) is 4.79 Å². The van der Waals surface area contributed by atoms with Gasteiger partial charge in [0.2, 0.25) is 0 Å². The highest BCUT2D eigenvalue weighted by atomic mass is 16.5. The molecule has 1 unspecified atom stereocenters. The Morgan fingerprint density at radius 2 is 2.35 bits per heavy atom. The number of morpholine rings is 1. The Balaban J connectivity index is 1.65. The molecule has 2 aromatic heterocycles. The number of H-pyrrole nitrogens is 1. The Kier molecular flexibility index (Phi) is 4.88. The van der Waals surface area contributed by atoms with Crippen LogP contribution in [0, 0.1) is 0 Å². The third-order valence-corrected chi connectivity index (χ3v) is 4.05. The van der Waals surface area contributed by atoms with Crippen LogP contribution in [0.5, 0.6) is 0 Å². The SMILES string of the molecule is CCCc1nc(C2CN(Cc3ccn(C)c(=O)c3)CCO2)n[nH]1. The van der Waals surface area contributed by atoms with Gasteiger partial charge in [-0.1, -0.05) is 6.92 Å². The van der Waals surface area contributed by atoms with E-state index in [1.807, 2.05) is 12.3 Å². The number of pyridine rings is 1. The molecule has 1 aliphatic heterocycles. The molecular weight excluding hydrogens is 294 g/mol. The summed E-state index contributed by atoms with van der Waals surface area (Å²) in [6, 6.07) is 3.68. The van der Waals surface area contributed by atoms with E-state index in [0.717, 1.165) is 49.7 Å². The van der Waals surface area contributed by atoms with E-state index in [1.54, 1.807) is 17.7 Å². The minimum atomic E-state index is -0.114. The first-order chi connectivity index (χ1) is 11.2. The van der Waals surface area contributed by atoms with Crippen LogP contribution in [-0.4, -0.2) is 44.3 Å². The Bertz CT molecular complexity index is 708. The van der Waals surface area contributed by atoms with Crippen LogP contribution in [0.3, 0.4) is 0 Å². The summed E-state index contributed by atoms with van der Waals surface area (Å²) >= 11 is 0. The van der Waals surface area contributed by atoms with Gasteiger partial charge in [0.25, 0.3) is 5.56 Å². The first-order valence-electron chi connectivity index (χ1n) is 8.06. The van der Waals surface area contributed by atoms with Crippen molar-refractivity contribution >= 4 is 0 Å². The summed E-state index contributed by atoms with van der Waals surface area (Å²) in [5.74, 6) is 1.64. The smallest absolute Gasteiger partial charge is 0.250 e. The lowest BCUT2D eigenvalue weighted by molar-refractivity contribution is -0.0371. The van der Waals surface area contributed by atoms with Crippen molar-refractivity contribution in [3.05, 3.63) is 45.9 Å². The number of hydrogen-bond donors (Lipinski definition) is 1. The van der Waals surface area contributed by atoms with Gasteiger partial charge in [0, 0.05) is 45.4 Å². The van der Waals surface area contributed by atoms with E-state index in [0.29, 0.717) is 6.61 Å². The van der Waals surface area contributed by atoms with Crippen molar-refractivity contribution < 1.29 is 4.74 Å². The average molecular weight is 317 g/mol.